The number of pyridine rings is 1. The second kappa shape index (κ2) is 8.55. The first-order chi connectivity index (χ1) is 14.2. The smallest absolute Gasteiger partial charge is 0.324 e. The summed E-state index contributed by atoms with van der Waals surface area (Å²) in [5.74, 6) is -3.68. The predicted octanol–water partition coefficient (Wildman–Crippen LogP) is 3.27. The van der Waals surface area contributed by atoms with Gasteiger partial charge in [-0.3, -0.25) is 15.2 Å². The molecule has 0 atom stereocenters. The van der Waals surface area contributed by atoms with E-state index in [4.69, 9.17) is 5.73 Å². The number of nitrogens with one attached hydrogen (secondary N) is 4. The van der Waals surface area contributed by atoms with Crippen LogP contribution in [0.1, 0.15) is 28.5 Å². The summed E-state index contributed by atoms with van der Waals surface area (Å²) >= 11 is 0. The van der Waals surface area contributed by atoms with Crippen LogP contribution in [-0.2, 0) is 12.5 Å². The SMILES string of the molecule is CC(F)(F)c1ccnc(NC(=O)Nc2cccc(CNc3cn[nH]c3C(N)=O)c2)c1. The zero-order valence-corrected chi connectivity index (χ0v) is 15.9. The number of benzene rings is 1. The van der Waals surface area contributed by atoms with E-state index < -0.39 is 17.9 Å². The summed E-state index contributed by atoms with van der Waals surface area (Å²) in [6.45, 7) is 1.10. The fraction of sp³-hybridized carbons (Fsp3) is 0.158. The zero-order valence-electron chi connectivity index (χ0n) is 15.9. The van der Waals surface area contributed by atoms with Crippen molar-refractivity contribution < 1.29 is 18.4 Å². The first kappa shape index (κ1) is 20.7. The van der Waals surface area contributed by atoms with E-state index in [0.717, 1.165) is 18.6 Å². The van der Waals surface area contributed by atoms with E-state index in [9.17, 15) is 18.4 Å². The third-order valence-electron chi connectivity index (χ3n) is 4.06. The van der Waals surface area contributed by atoms with E-state index in [2.05, 4.69) is 31.1 Å². The number of amides is 3. The summed E-state index contributed by atoms with van der Waals surface area (Å²) < 4.78 is 26.8. The highest BCUT2D eigenvalue weighted by molar-refractivity contribution is 5.99. The van der Waals surface area contributed by atoms with Crippen molar-refractivity contribution in [2.45, 2.75) is 19.4 Å². The Morgan fingerprint density at radius 1 is 1.20 bits per heavy atom. The molecule has 6 N–H and O–H groups in total. The number of H-pyrrole nitrogens is 1. The van der Waals surface area contributed by atoms with Crippen LogP contribution in [0.5, 0.6) is 0 Å². The normalized spacial score (nSPS) is 11.0. The first-order valence-electron chi connectivity index (χ1n) is 8.81. The van der Waals surface area contributed by atoms with E-state index in [1.54, 1.807) is 18.2 Å². The van der Waals surface area contributed by atoms with Crippen LogP contribution >= 0.6 is 0 Å². The first-order valence-corrected chi connectivity index (χ1v) is 8.81. The quantitative estimate of drug-likeness (QED) is 0.403. The average molecular weight is 415 g/mol. The van der Waals surface area contributed by atoms with Gasteiger partial charge in [0.05, 0.1) is 11.9 Å². The van der Waals surface area contributed by atoms with Gasteiger partial charge in [0.2, 0.25) is 0 Å². The highest BCUT2D eigenvalue weighted by Crippen LogP contribution is 2.27. The van der Waals surface area contributed by atoms with Crippen molar-refractivity contribution in [1.82, 2.24) is 15.2 Å². The van der Waals surface area contributed by atoms with Gasteiger partial charge in [0.15, 0.2) is 0 Å². The van der Waals surface area contributed by atoms with E-state index in [-0.39, 0.29) is 17.1 Å². The number of hydrogen-bond acceptors (Lipinski definition) is 5. The molecule has 2 heterocycles. The molecular weight excluding hydrogens is 396 g/mol. The lowest BCUT2D eigenvalue weighted by Gasteiger charge is -2.12. The Kier molecular flexibility index (Phi) is 5.90. The maximum absolute atomic E-state index is 13.4. The second-order valence-corrected chi connectivity index (χ2v) is 6.47. The lowest BCUT2D eigenvalue weighted by molar-refractivity contribution is 0.0174. The number of aromatic nitrogens is 3. The largest absolute Gasteiger partial charge is 0.378 e. The van der Waals surface area contributed by atoms with Crippen LogP contribution in [-0.4, -0.2) is 27.1 Å². The van der Waals surface area contributed by atoms with Crippen molar-refractivity contribution in [3.05, 3.63) is 65.6 Å². The molecule has 156 valence electrons. The van der Waals surface area contributed by atoms with Crippen LogP contribution in [0.15, 0.2) is 48.8 Å². The molecule has 0 aliphatic heterocycles. The number of primary amides is 1. The summed E-state index contributed by atoms with van der Waals surface area (Å²) in [5.41, 5.74) is 6.90. The Balaban J connectivity index is 1.61. The number of aromatic amines is 1. The van der Waals surface area contributed by atoms with Crippen LogP contribution in [0.25, 0.3) is 0 Å². The lowest BCUT2D eigenvalue weighted by Crippen LogP contribution is -2.20. The highest BCUT2D eigenvalue weighted by atomic mass is 19.3. The molecule has 30 heavy (non-hydrogen) atoms. The molecule has 0 aliphatic rings. The fourth-order valence-corrected chi connectivity index (χ4v) is 2.61. The van der Waals surface area contributed by atoms with Crippen LogP contribution in [0.2, 0.25) is 0 Å². The molecule has 1 aromatic carbocycles. The van der Waals surface area contributed by atoms with Crippen molar-refractivity contribution in [2.75, 3.05) is 16.0 Å². The van der Waals surface area contributed by atoms with Crippen LogP contribution < -0.4 is 21.7 Å². The maximum atomic E-state index is 13.4. The monoisotopic (exact) mass is 415 g/mol. The molecule has 0 saturated carbocycles. The lowest BCUT2D eigenvalue weighted by atomic mass is 10.1. The Morgan fingerprint density at radius 2 is 2.00 bits per heavy atom. The van der Waals surface area contributed by atoms with Gasteiger partial charge in [-0.1, -0.05) is 12.1 Å². The standard InChI is InChI=1S/C19H19F2N7O2/c1-19(20,21)12-5-6-23-15(8-12)27-18(30)26-13-4-2-3-11(7-13)9-24-14-10-25-28-16(14)17(22)29/h2-8,10,24H,9H2,1H3,(H2,22,29)(H,25,28)(H2,23,26,27,30). The van der Waals surface area contributed by atoms with Gasteiger partial charge in [0.25, 0.3) is 11.8 Å². The van der Waals surface area contributed by atoms with Gasteiger partial charge in [0, 0.05) is 30.9 Å². The minimum absolute atomic E-state index is 0.00304. The minimum Gasteiger partial charge on any atom is -0.378 e. The van der Waals surface area contributed by atoms with E-state index in [0.29, 0.717) is 17.9 Å². The Morgan fingerprint density at radius 3 is 2.73 bits per heavy atom. The molecule has 0 saturated heterocycles. The summed E-state index contributed by atoms with van der Waals surface area (Å²) in [6.07, 6.45) is 2.64. The molecule has 11 heteroatoms. The molecule has 0 unspecified atom stereocenters. The van der Waals surface area contributed by atoms with E-state index in [1.807, 2.05) is 6.07 Å². The Bertz CT molecular complexity index is 1060. The molecule has 0 spiro atoms. The molecule has 0 aliphatic carbocycles. The summed E-state index contributed by atoms with van der Waals surface area (Å²) in [4.78, 5) is 27.4. The van der Waals surface area contributed by atoms with Crippen molar-refractivity contribution in [1.29, 1.82) is 0 Å². The molecule has 3 rings (SSSR count). The van der Waals surface area contributed by atoms with E-state index in [1.165, 1.54) is 18.5 Å². The van der Waals surface area contributed by atoms with E-state index >= 15 is 0 Å². The maximum Gasteiger partial charge on any atom is 0.324 e. The van der Waals surface area contributed by atoms with Crippen molar-refractivity contribution in [3.63, 3.8) is 0 Å². The van der Waals surface area contributed by atoms with Crippen LogP contribution in [0.4, 0.5) is 30.8 Å². The van der Waals surface area contributed by atoms with Gasteiger partial charge in [0.1, 0.15) is 11.5 Å². The van der Waals surface area contributed by atoms with Gasteiger partial charge in [-0.25, -0.2) is 18.6 Å². The van der Waals surface area contributed by atoms with Crippen LogP contribution in [0.3, 0.4) is 0 Å². The molecule has 2 aromatic heterocycles. The number of nitrogens with zero attached hydrogens (tertiary/aromatic N) is 2. The van der Waals surface area contributed by atoms with Crippen LogP contribution in [0, 0.1) is 0 Å². The van der Waals surface area contributed by atoms with Gasteiger partial charge < -0.3 is 16.4 Å². The number of hydrogen-bond donors (Lipinski definition) is 5. The topological polar surface area (TPSA) is 138 Å². The predicted molar refractivity (Wildman–Crippen MR) is 107 cm³/mol. The number of carbonyl (C=O) groups is 2. The number of halogens is 2. The summed E-state index contributed by atoms with van der Waals surface area (Å²) in [5, 5.41) is 14.3. The Labute approximate surface area is 170 Å². The summed E-state index contributed by atoms with van der Waals surface area (Å²) in [6, 6.07) is 8.59. The third kappa shape index (κ3) is 5.28. The number of carbonyl (C=O) groups excluding carboxylic acids is 2. The van der Waals surface area contributed by atoms with Crippen molar-refractivity contribution in [3.8, 4) is 0 Å². The average Bonchev–Trinajstić information content (AvgIpc) is 3.15. The molecule has 0 radical (unpaired) electrons. The molecule has 3 aromatic rings. The number of rotatable bonds is 7. The summed E-state index contributed by atoms with van der Waals surface area (Å²) in [7, 11) is 0. The minimum atomic E-state index is -3.04. The zero-order chi connectivity index (χ0) is 21.7. The highest BCUT2D eigenvalue weighted by Gasteiger charge is 2.24. The number of urea groups is 1. The molecule has 0 fully saturated rings. The fourth-order valence-electron chi connectivity index (χ4n) is 2.61. The molecule has 0 bridgehead atoms. The molecular formula is C19H19F2N7O2. The number of anilines is 3. The molecule has 9 nitrogen and oxygen atoms in total. The van der Waals surface area contributed by atoms with Gasteiger partial charge >= 0.3 is 6.03 Å². The Hall–Kier alpha value is -4.02. The van der Waals surface area contributed by atoms with Gasteiger partial charge in [-0.2, -0.15) is 5.10 Å². The third-order valence-corrected chi connectivity index (χ3v) is 4.06. The second-order valence-electron chi connectivity index (χ2n) is 6.47. The molecule has 3 amide bonds. The van der Waals surface area contributed by atoms with Gasteiger partial charge in [-0.05, 0) is 29.8 Å². The number of nitrogens with two attached hydrogens (primary N) is 1. The van der Waals surface area contributed by atoms with Crippen molar-refractivity contribution in [2.24, 2.45) is 5.73 Å². The number of alkyl halides is 2. The van der Waals surface area contributed by atoms with Gasteiger partial charge in [-0.15, -0.1) is 0 Å². The van der Waals surface area contributed by atoms with Crippen molar-refractivity contribution >= 4 is 29.1 Å².